The molecule has 3 aromatic rings. The highest BCUT2D eigenvalue weighted by atomic mass is 19.3. The predicted molar refractivity (Wildman–Crippen MR) is 116 cm³/mol. The van der Waals surface area contributed by atoms with Crippen molar-refractivity contribution in [3.05, 3.63) is 83.9 Å². The van der Waals surface area contributed by atoms with Crippen LogP contribution in [0.4, 0.5) is 14.5 Å². The Morgan fingerprint density at radius 2 is 1.67 bits per heavy atom. The summed E-state index contributed by atoms with van der Waals surface area (Å²) in [5, 5.41) is 2.49. The maximum atomic E-state index is 12.3. The van der Waals surface area contributed by atoms with Gasteiger partial charge in [0.15, 0.2) is 18.1 Å². The minimum absolute atomic E-state index is 0.0421. The maximum absolute atomic E-state index is 12.3. The average molecular weight is 457 g/mol. The zero-order valence-corrected chi connectivity index (χ0v) is 17.6. The largest absolute Gasteiger partial charge is 0.493 e. The third-order valence-corrected chi connectivity index (χ3v) is 4.33. The molecule has 1 N–H and O–H groups in total. The molecule has 33 heavy (non-hydrogen) atoms. The van der Waals surface area contributed by atoms with Crippen LogP contribution in [0.15, 0.2) is 72.8 Å². The summed E-state index contributed by atoms with van der Waals surface area (Å²) in [5.74, 6) is -0.565. The number of methoxy groups -OCH3 is 1. The number of anilines is 1. The molecular formula is C24H21F2NO6. The summed E-state index contributed by atoms with van der Waals surface area (Å²) in [5.41, 5.74) is 1.49. The van der Waals surface area contributed by atoms with E-state index in [1.165, 1.54) is 43.5 Å². The Morgan fingerprint density at radius 1 is 0.939 bits per heavy atom. The van der Waals surface area contributed by atoms with E-state index < -0.39 is 25.1 Å². The van der Waals surface area contributed by atoms with E-state index in [-0.39, 0.29) is 11.3 Å². The number of carbonyl (C=O) groups is 2. The van der Waals surface area contributed by atoms with Crippen LogP contribution in [0.3, 0.4) is 0 Å². The first-order valence-corrected chi connectivity index (χ1v) is 9.81. The van der Waals surface area contributed by atoms with E-state index in [2.05, 4.69) is 10.1 Å². The van der Waals surface area contributed by atoms with Crippen molar-refractivity contribution >= 4 is 17.6 Å². The zero-order chi connectivity index (χ0) is 23.6. The Balaban J connectivity index is 1.52. The van der Waals surface area contributed by atoms with Crippen LogP contribution in [0.1, 0.15) is 15.9 Å². The number of hydrogen-bond donors (Lipinski definition) is 1. The molecule has 0 bridgehead atoms. The molecular weight excluding hydrogens is 436 g/mol. The first-order valence-electron chi connectivity index (χ1n) is 9.81. The van der Waals surface area contributed by atoms with E-state index in [9.17, 15) is 18.4 Å². The molecule has 0 aliphatic carbocycles. The smallest absolute Gasteiger partial charge is 0.387 e. The van der Waals surface area contributed by atoms with Gasteiger partial charge in [0.1, 0.15) is 12.4 Å². The Bertz CT molecular complexity index is 1070. The van der Waals surface area contributed by atoms with Gasteiger partial charge in [-0.3, -0.25) is 4.79 Å². The Morgan fingerprint density at radius 3 is 2.33 bits per heavy atom. The van der Waals surface area contributed by atoms with Crippen LogP contribution >= 0.6 is 0 Å². The number of rotatable bonds is 10. The van der Waals surface area contributed by atoms with Gasteiger partial charge >= 0.3 is 12.6 Å². The second-order valence-corrected chi connectivity index (χ2v) is 6.67. The van der Waals surface area contributed by atoms with Crippen molar-refractivity contribution < 1.29 is 37.3 Å². The van der Waals surface area contributed by atoms with Crippen molar-refractivity contribution in [2.75, 3.05) is 19.0 Å². The molecule has 1 amide bonds. The minimum Gasteiger partial charge on any atom is -0.493 e. The molecule has 172 valence electrons. The molecule has 0 aliphatic rings. The van der Waals surface area contributed by atoms with Crippen molar-refractivity contribution in [3.63, 3.8) is 0 Å². The van der Waals surface area contributed by atoms with E-state index in [4.69, 9.17) is 14.2 Å². The van der Waals surface area contributed by atoms with Crippen LogP contribution in [0.5, 0.6) is 17.2 Å². The molecule has 3 rings (SSSR count). The summed E-state index contributed by atoms with van der Waals surface area (Å²) < 4.78 is 44.7. The number of halogens is 2. The lowest BCUT2D eigenvalue weighted by atomic mass is 10.2. The summed E-state index contributed by atoms with van der Waals surface area (Å²) in [7, 11) is 1.45. The van der Waals surface area contributed by atoms with Gasteiger partial charge in [-0.2, -0.15) is 8.78 Å². The van der Waals surface area contributed by atoms with Crippen LogP contribution in [-0.2, 0) is 16.1 Å². The highest BCUT2D eigenvalue weighted by molar-refractivity contribution is 5.95. The van der Waals surface area contributed by atoms with Gasteiger partial charge in [0, 0.05) is 5.69 Å². The highest BCUT2D eigenvalue weighted by Crippen LogP contribution is 2.29. The molecule has 0 heterocycles. The second-order valence-electron chi connectivity index (χ2n) is 6.67. The van der Waals surface area contributed by atoms with Crippen molar-refractivity contribution in [1.29, 1.82) is 0 Å². The Kier molecular flexibility index (Phi) is 8.18. The fraction of sp³-hybridized carbons (Fsp3) is 0.167. The summed E-state index contributed by atoms with van der Waals surface area (Å²) in [6.07, 6.45) is 0. The van der Waals surface area contributed by atoms with Gasteiger partial charge in [0.25, 0.3) is 5.91 Å². The lowest BCUT2D eigenvalue weighted by Gasteiger charge is -2.12. The number of ether oxygens (including phenoxy) is 4. The Hall–Kier alpha value is -4.14. The van der Waals surface area contributed by atoms with Crippen LogP contribution in [0.25, 0.3) is 0 Å². The van der Waals surface area contributed by atoms with Crippen LogP contribution in [0, 0.1) is 0 Å². The molecule has 0 saturated carbocycles. The average Bonchev–Trinajstić information content (AvgIpc) is 2.82. The first-order chi connectivity index (χ1) is 15.9. The van der Waals surface area contributed by atoms with Gasteiger partial charge in [-0.05, 0) is 48.0 Å². The molecule has 0 spiro atoms. The van der Waals surface area contributed by atoms with Crippen molar-refractivity contribution in [1.82, 2.24) is 0 Å². The number of alkyl halides is 2. The van der Waals surface area contributed by atoms with E-state index in [1.807, 2.05) is 30.3 Å². The lowest BCUT2D eigenvalue weighted by molar-refractivity contribution is -0.119. The van der Waals surface area contributed by atoms with Gasteiger partial charge in [0.2, 0.25) is 0 Å². The molecule has 0 aromatic heterocycles. The fourth-order valence-corrected chi connectivity index (χ4v) is 2.78. The molecule has 7 nitrogen and oxygen atoms in total. The molecule has 0 radical (unpaired) electrons. The quantitative estimate of drug-likeness (QED) is 0.446. The predicted octanol–water partition coefficient (Wildman–Crippen LogP) is 4.67. The van der Waals surface area contributed by atoms with E-state index in [0.717, 1.165) is 5.56 Å². The zero-order valence-electron chi connectivity index (χ0n) is 17.6. The number of carbonyl (C=O) groups excluding carboxylic acids is 2. The van der Waals surface area contributed by atoms with E-state index in [0.29, 0.717) is 23.8 Å². The van der Waals surface area contributed by atoms with Gasteiger partial charge in [-0.15, -0.1) is 0 Å². The molecule has 0 unspecified atom stereocenters. The van der Waals surface area contributed by atoms with Gasteiger partial charge < -0.3 is 24.3 Å². The number of hydrogen-bond acceptors (Lipinski definition) is 6. The number of nitrogens with one attached hydrogen (secondary N) is 1. The number of benzene rings is 3. The summed E-state index contributed by atoms with van der Waals surface area (Å²) in [4.78, 5) is 24.3. The minimum atomic E-state index is -2.94. The highest BCUT2D eigenvalue weighted by Gasteiger charge is 2.14. The first kappa shape index (κ1) is 23.5. The summed E-state index contributed by atoms with van der Waals surface area (Å²) in [6, 6.07) is 19.4. The standard InChI is InChI=1S/C24H21F2NO6/c1-30-21-13-17(7-12-20(21)31-14-16-5-3-2-4-6-16)23(29)32-15-22(28)27-18-8-10-19(11-9-18)33-24(25)26/h2-13,24H,14-15H2,1H3,(H,27,28). The summed E-state index contributed by atoms with van der Waals surface area (Å²) >= 11 is 0. The van der Waals surface area contributed by atoms with Crippen molar-refractivity contribution in [3.8, 4) is 17.2 Å². The monoisotopic (exact) mass is 457 g/mol. The van der Waals surface area contributed by atoms with E-state index in [1.54, 1.807) is 6.07 Å². The molecule has 0 atom stereocenters. The van der Waals surface area contributed by atoms with Crippen LogP contribution in [0.2, 0.25) is 0 Å². The van der Waals surface area contributed by atoms with Crippen LogP contribution < -0.4 is 19.5 Å². The SMILES string of the molecule is COc1cc(C(=O)OCC(=O)Nc2ccc(OC(F)F)cc2)ccc1OCc1ccccc1. The van der Waals surface area contributed by atoms with Gasteiger partial charge in [-0.25, -0.2) is 4.79 Å². The lowest BCUT2D eigenvalue weighted by Crippen LogP contribution is -2.21. The summed E-state index contributed by atoms with van der Waals surface area (Å²) in [6.45, 7) is -3.15. The molecule has 0 saturated heterocycles. The fourth-order valence-electron chi connectivity index (χ4n) is 2.78. The molecule has 0 fully saturated rings. The van der Waals surface area contributed by atoms with Gasteiger partial charge in [0.05, 0.1) is 12.7 Å². The number of esters is 1. The topological polar surface area (TPSA) is 83.1 Å². The Labute approximate surface area is 188 Å². The van der Waals surface area contributed by atoms with E-state index >= 15 is 0 Å². The van der Waals surface area contributed by atoms with Crippen LogP contribution in [-0.4, -0.2) is 32.2 Å². The molecule has 9 heteroatoms. The normalized spacial score (nSPS) is 10.4. The maximum Gasteiger partial charge on any atom is 0.387 e. The van der Waals surface area contributed by atoms with Crippen molar-refractivity contribution in [2.45, 2.75) is 13.2 Å². The van der Waals surface area contributed by atoms with Crippen molar-refractivity contribution in [2.24, 2.45) is 0 Å². The number of amides is 1. The third-order valence-electron chi connectivity index (χ3n) is 4.33. The van der Waals surface area contributed by atoms with Gasteiger partial charge in [-0.1, -0.05) is 30.3 Å². The molecule has 0 aliphatic heterocycles. The second kappa shape index (κ2) is 11.5. The molecule has 3 aromatic carbocycles. The third kappa shape index (κ3) is 7.20.